The van der Waals surface area contributed by atoms with E-state index in [9.17, 15) is 9.18 Å². The van der Waals surface area contributed by atoms with Crippen LogP contribution < -0.4 is 10.2 Å². The Balaban J connectivity index is 1.24. The van der Waals surface area contributed by atoms with E-state index in [1.807, 2.05) is 36.2 Å². The number of hydrogen-bond donors (Lipinski definition) is 1. The highest BCUT2D eigenvalue weighted by Crippen LogP contribution is 2.52. The van der Waals surface area contributed by atoms with Crippen LogP contribution in [0.1, 0.15) is 49.1 Å². The van der Waals surface area contributed by atoms with Gasteiger partial charge < -0.3 is 19.5 Å². The number of aromatic nitrogens is 2. The minimum atomic E-state index is -1.30. The summed E-state index contributed by atoms with van der Waals surface area (Å²) in [4.78, 5) is 21.2. The average molecular weight is 617 g/mol. The number of nitrogens with zero attached hydrogens (tertiary/aromatic N) is 5. The van der Waals surface area contributed by atoms with Crippen LogP contribution in [0, 0.1) is 35.9 Å². The molecule has 1 N–H and O–H groups in total. The molecule has 3 aliphatic rings. The number of amides is 1. The number of nitriles is 1. The molecule has 8 nitrogen and oxygen atoms in total. The molecule has 3 fully saturated rings. The van der Waals surface area contributed by atoms with Gasteiger partial charge in [-0.05, 0) is 100.0 Å². The molecule has 238 valence electrons. The van der Waals surface area contributed by atoms with Crippen molar-refractivity contribution in [2.24, 2.45) is 11.8 Å². The van der Waals surface area contributed by atoms with Gasteiger partial charge in [0.25, 0.3) is 0 Å². The first-order chi connectivity index (χ1) is 21.7. The fourth-order valence-electron chi connectivity index (χ4n) is 8.25. The van der Waals surface area contributed by atoms with Crippen molar-refractivity contribution in [3.63, 3.8) is 0 Å². The number of alkyl halides is 1. The second-order valence-corrected chi connectivity index (χ2v) is 13.1. The summed E-state index contributed by atoms with van der Waals surface area (Å²) in [6.45, 7) is 5.07. The van der Waals surface area contributed by atoms with Crippen molar-refractivity contribution in [1.82, 2.24) is 19.8 Å². The maximum atomic E-state index is 15.9. The van der Waals surface area contributed by atoms with E-state index in [4.69, 9.17) is 10.00 Å². The summed E-state index contributed by atoms with van der Waals surface area (Å²) in [5.74, 6) is 0.735. The summed E-state index contributed by atoms with van der Waals surface area (Å²) in [7, 11) is 1.57. The molecule has 3 aromatic rings. The number of rotatable bonds is 9. The molecule has 2 aliphatic heterocycles. The summed E-state index contributed by atoms with van der Waals surface area (Å²) in [5.41, 5.74) is 0.624. The Kier molecular flexibility index (Phi) is 8.82. The highest BCUT2D eigenvalue weighted by molar-refractivity contribution is 5.67. The lowest BCUT2D eigenvalue weighted by atomic mass is 9.58. The van der Waals surface area contributed by atoms with Gasteiger partial charge in [0.1, 0.15) is 17.7 Å². The number of hydrogen-bond acceptors (Lipinski definition) is 6. The smallest absolute Gasteiger partial charge is 0.407 e. The van der Waals surface area contributed by atoms with E-state index in [0.717, 1.165) is 62.3 Å². The van der Waals surface area contributed by atoms with Gasteiger partial charge in [-0.1, -0.05) is 12.1 Å². The number of anilines is 1. The second kappa shape index (κ2) is 12.8. The first-order valence-electron chi connectivity index (χ1n) is 16.0. The lowest BCUT2D eigenvalue weighted by Crippen LogP contribution is -2.64. The molecular weight excluding hydrogens is 574 g/mol. The Hall–Kier alpha value is -3.97. The maximum absolute atomic E-state index is 15.9. The molecule has 1 aromatic heterocycles. The third-order valence-corrected chi connectivity index (χ3v) is 10.4. The predicted molar refractivity (Wildman–Crippen MR) is 168 cm³/mol. The standard InChI is InChI=1S/C35H42F2N6O2/c1-25-40-15-18-42(25)24-35(28-5-3-6-29(36)19-28,31-7-4-8-32(31)45-33(44)39-2)27-13-16-41(17-14-27)21-34(37)22-43(23-34)30-11-9-26(20-38)10-12-30/h3,5-6,9-12,15,18-19,27,31-32H,4,7-8,13-14,16-17,21-24H2,1-2H3,(H,39,44). The molecule has 0 bridgehead atoms. The Bertz CT molecular complexity index is 1520. The number of aryl methyl sites for hydroxylation is 1. The minimum absolute atomic E-state index is 0.0184. The molecule has 1 amide bonds. The molecule has 1 saturated carbocycles. The monoisotopic (exact) mass is 616 g/mol. The van der Waals surface area contributed by atoms with Gasteiger partial charge in [-0.3, -0.25) is 4.90 Å². The van der Waals surface area contributed by atoms with Gasteiger partial charge in [-0.2, -0.15) is 5.26 Å². The number of ether oxygens (including phenoxy) is 1. The quantitative estimate of drug-likeness (QED) is 0.337. The molecule has 2 aromatic carbocycles. The van der Waals surface area contributed by atoms with E-state index in [-0.39, 0.29) is 23.8 Å². The van der Waals surface area contributed by atoms with Gasteiger partial charge in [0, 0.05) is 49.6 Å². The molecule has 0 spiro atoms. The van der Waals surface area contributed by atoms with Gasteiger partial charge in [0.05, 0.1) is 24.7 Å². The Morgan fingerprint density at radius 2 is 1.91 bits per heavy atom. The molecule has 2 saturated heterocycles. The number of halogens is 2. The lowest BCUT2D eigenvalue weighted by molar-refractivity contribution is -0.00703. The van der Waals surface area contributed by atoms with Crippen LogP contribution in [0.3, 0.4) is 0 Å². The zero-order valence-electron chi connectivity index (χ0n) is 26.1. The van der Waals surface area contributed by atoms with Crippen molar-refractivity contribution < 1.29 is 18.3 Å². The Labute approximate surface area is 264 Å². The van der Waals surface area contributed by atoms with Gasteiger partial charge >= 0.3 is 6.09 Å². The number of nitrogens with one attached hydrogen (secondary N) is 1. The van der Waals surface area contributed by atoms with Crippen molar-refractivity contribution in [3.05, 3.63) is 83.7 Å². The number of likely N-dealkylation sites (tertiary alicyclic amines) is 1. The van der Waals surface area contributed by atoms with Gasteiger partial charge in [-0.15, -0.1) is 0 Å². The summed E-state index contributed by atoms with van der Waals surface area (Å²) in [6.07, 6.45) is 7.22. The van der Waals surface area contributed by atoms with E-state index in [0.29, 0.717) is 31.7 Å². The van der Waals surface area contributed by atoms with Gasteiger partial charge in [0.2, 0.25) is 0 Å². The lowest BCUT2D eigenvalue weighted by Gasteiger charge is -2.52. The number of carbonyl (C=O) groups excluding carboxylic acids is 1. The fraction of sp³-hybridized carbons (Fsp3) is 0.514. The first kappa shape index (κ1) is 31.0. The summed E-state index contributed by atoms with van der Waals surface area (Å²) < 4.78 is 39.0. The average Bonchev–Trinajstić information content (AvgIpc) is 3.67. The molecule has 1 aliphatic carbocycles. The highest BCUT2D eigenvalue weighted by atomic mass is 19.1. The van der Waals surface area contributed by atoms with Gasteiger partial charge in [-0.25, -0.2) is 18.6 Å². The predicted octanol–water partition coefficient (Wildman–Crippen LogP) is 5.61. The number of alkyl carbamates (subject to hydrolysis) is 1. The topological polar surface area (TPSA) is 86.4 Å². The molecule has 3 atom stereocenters. The van der Waals surface area contributed by atoms with Crippen LogP contribution in [0.25, 0.3) is 0 Å². The minimum Gasteiger partial charge on any atom is -0.446 e. The number of imidazole rings is 1. The Morgan fingerprint density at radius 1 is 1.16 bits per heavy atom. The van der Waals surface area contributed by atoms with Crippen molar-refractivity contribution in [3.8, 4) is 6.07 Å². The molecule has 10 heteroatoms. The third-order valence-electron chi connectivity index (χ3n) is 10.4. The summed E-state index contributed by atoms with van der Waals surface area (Å²) >= 11 is 0. The van der Waals surface area contributed by atoms with Crippen LogP contribution in [0.2, 0.25) is 0 Å². The van der Waals surface area contributed by atoms with E-state index in [1.54, 1.807) is 37.5 Å². The van der Waals surface area contributed by atoms with Gasteiger partial charge in [0.15, 0.2) is 5.67 Å². The molecule has 3 unspecified atom stereocenters. The van der Waals surface area contributed by atoms with E-state index in [2.05, 4.69) is 25.8 Å². The highest BCUT2D eigenvalue weighted by Gasteiger charge is 2.54. The van der Waals surface area contributed by atoms with Crippen LogP contribution in [0.4, 0.5) is 19.3 Å². The van der Waals surface area contributed by atoms with Crippen LogP contribution in [-0.2, 0) is 16.7 Å². The first-order valence-corrected chi connectivity index (χ1v) is 16.0. The summed E-state index contributed by atoms with van der Waals surface area (Å²) in [6, 6.07) is 16.4. The van der Waals surface area contributed by atoms with E-state index >= 15 is 4.39 Å². The zero-order chi connectivity index (χ0) is 31.6. The SMILES string of the molecule is CNC(=O)OC1CCCC1C(Cn1ccnc1C)(c1cccc(F)c1)C1CCN(CC2(F)CN(c3ccc(C#N)cc3)C2)CC1. The molecule has 3 heterocycles. The maximum Gasteiger partial charge on any atom is 0.407 e. The van der Waals surface area contributed by atoms with Crippen LogP contribution in [0.15, 0.2) is 60.9 Å². The normalized spacial score (nSPS) is 23.1. The van der Waals surface area contributed by atoms with Crippen LogP contribution in [-0.4, -0.2) is 72.1 Å². The third kappa shape index (κ3) is 6.28. The van der Waals surface area contributed by atoms with E-state index in [1.165, 1.54) is 6.07 Å². The zero-order valence-corrected chi connectivity index (χ0v) is 26.1. The molecular formula is C35H42F2N6O2. The largest absolute Gasteiger partial charge is 0.446 e. The van der Waals surface area contributed by atoms with Crippen molar-refractivity contribution in [1.29, 1.82) is 5.26 Å². The molecule has 0 radical (unpaired) electrons. The van der Waals surface area contributed by atoms with Crippen molar-refractivity contribution in [2.75, 3.05) is 44.7 Å². The Morgan fingerprint density at radius 3 is 2.56 bits per heavy atom. The van der Waals surface area contributed by atoms with Crippen LogP contribution in [0.5, 0.6) is 0 Å². The molecule has 6 rings (SSSR count). The summed E-state index contributed by atoms with van der Waals surface area (Å²) in [5, 5.41) is 11.7. The second-order valence-electron chi connectivity index (χ2n) is 13.1. The van der Waals surface area contributed by atoms with E-state index < -0.39 is 17.2 Å². The molecule has 45 heavy (non-hydrogen) atoms. The van der Waals surface area contributed by atoms with Crippen molar-refractivity contribution >= 4 is 11.8 Å². The van der Waals surface area contributed by atoms with Crippen molar-refractivity contribution in [2.45, 2.75) is 62.8 Å². The number of carbonyl (C=O) groups is 1. The fourth-order valence-corrected chi connectivity index (χ4v) is 8.25. The number of benzene rings is 2. The number of piperidine rings is 1. The van der Waals surface area contributed by atoms with Crippen LogP contribution >= 0.6 is 0 Å².